The maximum atomic E-state index is 11.8. The monoisotopic (exact) mass is 262 g/mol. The zero-order chi connectivity index (χ0) is 13.1. The number of hydrogen-bond acceptors (Lipinski definition) is 4. The van der Waals surface area contributed by atoms with E-state index in [0.29, 0.717) is 25.6 Å². The van der Waals surface area contributed by atoms with Crippen LogP contribution in [0.15, 0.2) is 24.3 Å². The summed E-state index contributed by atoms with van der Waals surface area (Å²) in [6.07, 6.45) is 0.328. The number of anilines is 1. The zero-order valence-electron chi connectivity index (χ0n) is 10.7. The van der Waals surface area contributed by atoms with E-state index in [9.17, 15) is 4.79 Å². The van der Waals surface area contributed by atoms with Crippen LogP contribution in [0.5, 0.6) is 0 Å². The highest BCUT2D eigenvalue weighted by atomic mass is 16.7. The second kappa shape index (κ2) is 5.69. The molecule has 102 valence electrons. The maximum absolute atomic E-state index is 11.8. The molecule has 5 nitrogen and oxygen atoms in total. The summed E-state index contributed by atoms with van der Waals surface area (Å²) in [5.41, 5.74) is 1.80. The van der Waals surface area contributed by atoms with Crippen LogP contribution in [-0.4, -0.2) is 32.2 Å². The van der Waals surface area contributed by atoms with E-state index in [1.54, 1.807) is 0 Å². The highest BCUT2D eigenvalue weighted by molar-refractivity contribution is 5.90. The van der Waals surface area contributed by atoms with Crippen molar-refractivity contribution >= 4 is 11.6 Å². The van der Waals surface area contributed by atoms with E-state index in [-0.39, 0.29) is 12.2 Å². The third-order valence-electron chi connectivity index (χ3n) is 3.43. The van der Waals surface area contributed by atoms with Crippen LogP contribution in [0.4, 0.5) is 5.69 Å². The minimum absolute atomic E-state index is 0.0765. The van der Waals surface area contributed by atoms with Crippen molar-refractivity contribution in [2.45, 2.75) is 12.7 Å². The molecule has 0 saturated carbocycles. The van der Waals surface area contributed by atoms with E-state index in [4.69, 9.17) is 9.47 Å². The Bertz CT molecular complexity index is 437. The number of amides is 1. The first kappa shape index (κ1) is 12.6. The van der Waals surface area contributed by atoms with Gasteiger partial charge in [-0.1, -0.05) is 12.1 Å². The standard InChI is InChI=1S/C14H18N2O3/c17-13(7-10-8-15-9-10)16-12-3-1-11(2-4-12)14-18-5-6-19-14/h1-4,10,14-15H,5-9H2,(H,16,17). The van der Waals surface area contributed by atoms with Crippen LogP contribution in [0.25, 0.3) is 0 Å². The highest BCUT2D eigenvalue weighted by Crippen LogP contribution is 2.24. The van der Waals surface area contributed by atoms with Gasteiger partial charge in [-0.15, -0.1) is 0 Å². The van der Waals surface area contributed by atoms with Gasteiger partial charge >= 0.3 is 0 Å². The molecule has 19 heavy (non-hydrogen) atoms. The molecule has 1 aromatic carbocycles. The first-order chi connectivity index (χ1) is 9.31. The summed E-state index contributed by atoms with van der Waals surface area (Å²) in [4.78, 5) is 11.8. The van der Waals surface area contributed by atoms with Crippen molar-refractivity contribution in [3.05, 3.63) is 29.8 Å². The van der Waals surface area contributed by atoms with Crippen molar-refractivity contribution in [1.82, 2.24) is 5.32 Å². The van der Waals surface area contributed by atoms with Gasteiger partial charge in [0.1, 0.15) is 0 Å². The largest absolute Gasteiger partial charge is 0.346 e. The number of ether oxygens (including phenoxy) is 2. The lowest BCUT2D eigenvalue weighted by Crippen LogP contribution is -2.43. The van der Waals surface area contributed by atoms with Crippen molar-refractivity contribution < 1.29 is 14.3 Å². The van der Waals surface area contributed by atoms with Crippen molar-refractivity contribution in [3.63, 3.8) is 0 Å². The van der Waals surface area contributed by atoms with Crippen molar-refractivity contribution in [3.8, 4) is 0 Å². The van der Waals surface area contributed by atoms with E-state index in [0.717, 1.165) is 24.3 Å². The minimum atomic E-state index is -0.259. The number of nitrogens with one attached hydrogen (secondary N) is 2. The Morgan fingerprint density at radius 3 is 2.47 bits per heavy atom. The van der Waals surface area contributed by atoms with E-state index in [2.05, 4.69) is 10.6 Å². The summed E-state index contributed by atoms with van der Waals surface area (Å²) >= 11 is 0. The van der Waals surface area contributed by atoms with Crippen LogP contribution < -0.4 is 10.6 Å². The summed E-state index contributed by atoms with van der Waals surface area (Å²) in [5, 5.41) is 6.07. The molecular formula is C14H18N2O3. The van der Waals surface area contributed by atoms with E-state index in [1.807, 2.05) is 24.3 Å². The van der Waals surface area contributed by atoms with Crippen molar-refractivity contribution in [1.29, 1.82) is 0 Å². The third kappa shape index (κ3) is 3.12. The number of rotatable bonds is 4. The average molecular weight is 262 g/mol. The molecule has 1 aromatic rings. The van der Waals surface area contributed by atoms with Crippen LogP contribution in [0.3, 0.4) is 0 Å². The van der Waals surface area contributed by atoms with Gasteiger partial charge in [0.2, 0.25) is 5.91 Å². The fourth-order valence-electron chi connectivity index (χ4n) is 2.24. The number of carbonyl (C=O) groups is 1. The molecule has 0 atom stereocenters. The molecule has 0 aliphatic carbocycles. The molecule has 0 bridgehead atoms. The molecule has 2 N–H and O–H groups in total. The Balaban J connectivity index is 1.54. The molecule has 2 aliphatic rings. The van der Waals surface area contributed by atoms with E-state index in [1.165, 1.54) is 0 Å². The lowest BCUT2D eigenvalue weighted by molar-refractivity contribution is -0.117. The first-order valence-electron chi connectivity index (χ1n) is 6.65. The summed E-state index contributed by atoms with van der Waals surface area (Å²) < 4.78 is 10.8. The normalized spacial score (nSPS) is 20.2. The SMILES string of the molecule is O=C(CC1CNC1)Nc1ccc(C2OCCO2)cc1. The Kier molecular flexibility index (Phi) is 3.77. The van der Waals surface area contributed by atoms with Gasteiger partial charge in [0.05, 0.1) is 13.2 Å². The van der Waals surface area contributed by atoms with Gasteiger partial charge in [0.15, 0.2) is 6.29 Å². The Morgan fingerprint density at radius 1 is 1.21 bits per heavy atom. The Labute approximate surface area is 112 Å². The molecule has 5 heteroatoms. The van der Waals surface area contributed by atoms with Crippen LogP contribution >= 0.6 is 0 Å². The molecule has 0 radical (unpaired) electrons. The molecule has 0 aromatic heterocycles. The van der Waals surface area contributed by atoms with Crippen LogP contribution in [0, 0.1) is 5.92 Å². The minimum Gasteiger partial charge on any atom is -0.346 e. The van der Waals surface area contributed by atoms with Gasteiger partial charge in [0.25, 0.3) is 0 Å². The second-order valence-corrected chi connectivity index (χ2v) is 4.97. The second-order valence-electron chi connectivity index (χ2n) is 4.97. The molecule has 2 aliphatic heterocycles. The molecule has 0 spiro atoms. The Hall–Kier alpha value is -1.43. The average Bonchev–Trinajstić information content (AvgIpc) is 2.89. The van der Waals surface area contributed by atoms with Crippen molar-refractivity contribution in [2.24, 2.45) is 5.92 Å². The van der Waals surface area contributed by atoms with E-state index >= 15 is 0 Å². The highest BCUT2D eigenvalue weighted by Gasteiger charge is 2.20. The quantitative estimate of drug-likeness (QED) is 0.858. The van der Waals surface area contributed by atoms with Crippen LogP contribution in [-0.2, 0) is 14.3 Å². The molecule has 0 unspecified atom stereocenters. The fraction of sp³-hybridized carbons (Fsp3) is 0.500. The van der Waals surface area contributed by atoms with Crippen LogP contribution in [0.2, 0.25) is 0 Å². The molecule has 2 saturated heterocycles. The molecule has 2 heterocycles. The molecular weight excluding hydrogens is 244 g/mol. The lowest BCUT2D eigenvalue weighted by atomic mass is 9.99. The Morgan fingerprint density at radius 2 is 1.89 bits per heavy atom. The number of carbonyl (C=O) groups excluding carboxylic acids is 1. The van der Waals surface area contributed by atoms with Gasteiger partial charge < -0.3 is 20.1 Å². The molecule has 3 rings (SSSR count). The lowest BCUT2D eigenvalue weighted by Gasteiger charge is -2.26. The van der Waals surface area contributed by atoms with Crippen LogP contribution in [0.1, 0.15) is 18.3 Å². The first-order valence-corrected chi connectivity index (χ1v) is 6.65. The van der Waals surface area contributed by atoms with Gasteiger partial charge in [-0.2, -0.15) is 0 Å². The third-order valence-corrected chi connectivity index (χ3v) is 3.43. The van der Waals surface area contributed by atoms with Gasteiger partial charge in [-0.05, 0) is 31.1 Å². The van der Waals surface area contributed by atoms with E-state index < -0.39 is 0 Å². The number of hydrogen-bond donors (Lipinski definition) is 2. The zero-order valence-corrected chi connectivity index (χ0v) is 10.7. The van der Waals surface area contributed by atoms with Gasteiger partial charge in [-0.3, -0.25) is 4.79 Å². The maximum Gasteiger partial charge on any atom is 0.224 e. The van der Waals surface area contributed by atoms with Gasteiger partial charge in [0, 0.05) is 17.7 Å². The van der Waals surface area contributed by atoms with Crippen molar-refractivity contribution in [2.75, 3.05) is 31.6 Å². The summed E-state index contributed by atoms with van der Waals surface area (Å²) in [6, 6.07) is 7.63. The van der Waals surface area contributed by atoms with Gasteiger partial charge in [-0.25, -0.2) is 0 Å². The smallest absolute Gasteiger partial charge is 0.224 e. The fourth-order valence-corrected chi connectivity index (χ4v) is 2.24. The topological polar surface area (TPSA) is 59.6 Å². The molecule has 2 fully saturated rings. The summed E-state index contributed by atoms with van der Waals surface area (Å²) in [6.45, 7) is 3.17. The summed E-state index contributed by atoms with van der Waals surface area (Å²) in [5.74, 6) is 0.562. The predicted molar refractivity (Wildman–Crippen MR) is 70.7 cm³/mol. The predicted octanol–water partition coefficient (Wildman–Crippen LogP) is 1.28. The summed E-state index contributed by atoms with van der Waals surface area (Å²) in [7, 11) is 0. The molecule has 1 amide bonds. The number of benzene rings is 1.